The van der Waals surface area contributed by atoms with Crippen LogP contribution < -0.4 is 5.73 Å². The summed E-state index contributed by atoms with van der Waals surface area (Å²) in [5.41, 5.74) is 5.54. The fourth-order valence-corrected chi connectivity index (χ4v) is 2.15. The van der Waals surface area contributed by atoms with Crippen LogP contribution >= 0.6 is 11.8 Å². The van der Waals surface area contributed by atoms with Crippen LogP contribution in [0.4, 0.5) is 0 Å². The first kappa shape index (κ1) is 13.5. The summed E-state index contributed by atoms with van der Waals surface area (Å²) < 4.78 is 7.45. The Morgan fingerprint density at radius 1 is 1.38 bits per heavy atom. The molecule has 0 saturated heterocycles. The predicted octanol–water partition coefficient (Wildman–Crippen LogP) is 1.06. The Balaban J connectivity index is 2.35. The second-order valence-corrected chi connectivity index (χ2v) is 4.49. The molecular formula is C10H20N4OS. The molecule has 0 spiro atoms. The van der Waals surface area contributed by atoms with Crippen molar-refractivity contribution in [1.29, 1.82) is 0 Å². The molecule has 1 rings (SSSR count). The van der Waals surface area contributed by atoms with Crippen molar-refractivity contribution in [1.82, 2.24) is 14.8 Å². The van der Waals surface area contributed by atoms with E-state index in [1.807, 2.05) is 11.5 Å². The van der Waals surface area contributed by atoms with Gasteiger partial charge in [-0.2, -0.15) is 0 Å². The molecule has 0 fully saturated rings. The van der Waals surface area contributed by atoms with Crippen molar-refractivity contribution in [3.8, 4) is 0 Å². The van der Waals surface area contributed by atoms with Crippen LogP contribution in [0, 0.1) is 6.92 Å². The van der Waals surface area contributed by atoms with E-state index in [2.05, 4.69) is 17.1 Å². The normalized spacial score (nSPS) is 10.9. The molecule has 92 valence electrons. The fraction of sp³-hybridized carbons (Fsp3) is 0.800. The molecule has 0 aliphatic heterocycles. The summed E-state index contributed by atoms with van der Waals surface area (Å²) in [7, 11) is 0. The molecule has 0 bridgehead atoms. The quantitative estimate of drug-likeness (QED) is 0.547. The van der Waals surface area contributed by atoms with Crippen LogP contribution in [0.15, 0.2) is 5.16 Å². The molecule has 0 aliphatic rings. The van der Waals surface area contributed by atoms with Gasteiger partial charge in [-0.1, -0.05) is 18.7 Å². The first-order valence-corrected chi connectivity index (χ1v) is 6.58. The number of nitrogens with zero attached hydrogens (tertiary/aromatic N) is 3. The summed E-state index contributed by atoms with van der Waals surface area (Å²) in [6, 6.07) is 0. The standard InChI is InChI=1S/C10H20N4OS/c1-3-6-15-7-8-16-10-13-12-9(2)14(10)5-4-11/h3-8,11H2,1-2H3. The molecule has 1 heterocycles. The van der Waals surface area contributed by atoms with Crippen molar-refractivity contribution in [2.75, 3.05) is 25.5 Å². The smallest absolute Gasteiger partial charge is 0.191 e. The third-order valence-electron chi connectivity index (χ3n) is 2.06. The van der Waals surface area contributed by atoms with Gasteiger partial charge in [0.2, 0.25) is 0 Å². The van der Waals surface area contributed by atoms with Crippen LogP contribution in [0.5, 0.6) is 0 Å². The highest BCUT2D eigenvalue weighted by Crippen LogP contribution is 2.16. The Hall–Kier alpha value is -0.590. The lowest BCUT2D eigenvalue weighted by molar-refractivity contribution is 0.151. The maximum atomic E-state index is 5.54. The molecule has 1 aromatic heterocycles. The van der Waals surface area contributed by atoms with E-state index >= 15 is 0 Å². The van der Waals surface area contributed by atoms with Gasteiger partial charge in [0.05, 0.1) is 6.61 Å². The second-order valence-electron chi connectivity index (χ2n) is 3.43. The van der Waals surface area contributed by atoms with Crippen LogP contribution in [0.2, 0.25) is 0 Å². The van der Waals surface area contributed by atoms with Crippen LogP contribution in [-0.2, 0) is 11.3 Å². The average molecular weight is 244 g/mol. The molecule has 16 heavy (non-hydrogen) atoms. The van der Waals surface area contributed by atoms with E-state index in [1.165, 1.54) is 0 Å². The maximum absolute atomic E-state index is 5.54. The fourth-order valence-electron chi connectivity index (χ4n) is 1.29. The van der Waals surface area contributed by atoms with Crippen molar-refractivity contribution in [3.63, 3.8) is 0 Å². The second kappa shape index (κ2) is 7.65. The molecule has 0 saturated carbocycles. The molecule has 1 aromatic rings. The van der Waals surface area contributed by atoms with E-state index < -0.39 is 0 Å². The van der Waals surface area contributed by atoms with Crippen molar-refractivity contribution < 1.29 is 4.74 Å². The minimum atomic E-state index is 0.610. The molecule has 0 unspecified atom stereocenters. The molecular weight excluding hydrogens is 224 g/mol. The highest BCUT2D eigenvalue weighted by atomic mass is 32.2. The van der Waals surface area contributed by atoms with Crippen LogP contribution in [-0.4, -0.2) is 40.3 Å². The third-order valence-corrected chi connectivity index (χ3v) is 2.99. The van der Waals surface area contributed by atoms with E-state index in [-0.39, 0.29) is 0 Å². The molecule has 6 heteroatoms. The van der Waals surface area contributed by atoms with Gasteiger partial charge < -0.3 is 15.0 Å². The number of rotatable bonds is 8. The summed E-state index contributed by atoms with van der Waals surface area (Å²) in [5, 5.41) is 9.10. The molecule has 0 aromatic carbocycles. The van der Waals surface area contributed by atoms with Crippen LogP contribution in [0.3, 0.4) is 0 Å². The monoisotopic (exact) mass is 244 g/mol. The largest absolute Gasteiger partial charge is 0.381 e. The third kappa shape index (κ3) is 4.11. The predicted molar refractivity (Wildman–Crippen MR) is 65.6 cm³/mol. The summed E-state index contributed by atoms with van der Waals surface area (Å²) >= 11 is 1.67. The Morgan fingerprint density at radius 2 is 2.19 bits per heavy atom. The number of nitrogens with two attached hydrogens (primary N) is 1. The lowest BCUT2D eigenvalue weighted by Gasteiger charge is -2.06. The molecule has 0 radical (unpaired) electrons. The summed E-state index contributed by atoms with van der Waals surface area (Å²) in [6.07, 6.45) is 1.06. The van der Waals surface area contributed by atoms with Gasteiger partial charge in [-0.3, -0.25) is 0 Å². The Bertz CT molecular complexity index is 303. The van der Waals surface area contributed by atoms with Crippen molar-refractivity contribution in [2.45, 2.75) is 32.0 Å². The SMILES string of the molecule is CCCOCCSc1nnc(C)n1CCN. The minimum Gasteiger partial charge on any atom is -0.381 e. The van der Waals surface area contributed by atoms with Gasteiger partial charge in [0.1, 0.15) is 5.82 Å². The zero-order valence-electron chi connectivity index (χ0n) is 9.98. The summed E-state index contributed by atoms with van der Waals surface area (Å²) in [6.45, 7) is 7.02. The zero-order valence-corrected chi connectivity index (χ0v) is 10.8. The molecule has 5 nitrogen and oxygen atoms in total. The molecule has 0 aliphatic carbocycles. The number of thioether (sulfide) groups is 1. The lowest BCUT2D eigenvalue weighted by Crippen LogP contribution is -2.12. The summed E-state index contributed by atoms with van der Waals surface area (Å²) in [5.74, 6) is 1.82. The highest BCUT2D eigenvalue weighted by Gasteiger charge is 2.07. The van der Waals surface area contributed by atoms with Crippen molar-refractivity contribution >= 4 is 11.8 Å². The van der Waals surface area contributed by atoms with Gasteiger partial charge in [-0.15, -0.1) is 10.2 Å². The van der Waals surface area contributed by atoms with Crippen molar-refractivity contribution in [3.05, 3.63) is 5.82 Å². The summed E-state index contributed by atoms with van der Waals surface area (Å²) in [4.78, 5) is 0. The van der Waals surface area contributed by atoms with Crippen molar-refractivity contribution in [2.24, 2.45) is 5.73 Å². The molecule has 0 atom stereocenters. The van der Waals surface area contributed by atoms with E-state index in [0.717, 1.165) is 42.9 Å². The number of aryl methyl sites for hydroxylation is 1. The Labute approximate surface area is 101 Å². The number of ether oxygens (including phenoxy) is 1. The Morgan fingerprint density at radius 3 is 2.88 bits per heavy atom. The first-order valence-electron chi connectivity index (χ1n) is 5.60. The van der Waals surface area contributed by atoms with Gasteiger partial charge in [-0.05, 0) is 13.3 Å². The number of hydrogen-bond donors (Lipinski definition) is 1. The highest BCUT2D eigenvalue weighted by molar-refractivity contribution is 7.99. The first-order chi connectivity index (χ1) is 7.79. The van der Waals surface area contributed by atoms with Gasteiger partial charge in [0.25, 0.3) is 0 Å². The number of hydrogen-bond acceptors (Lipinski definition) is 5. The van der Waals surface area contributed by atoms with Gasteiger partial charge in [0.15, 0.2) is 5.16 Å². The van der Waals surface area contributed by atoms with Gasteiger partial charge >= 0.3 is 0 Å². The number of aromatic nitrogens is 3. The topological polar surface area (TPSA) is 66.0 Å². The van der Waals surface area contributed by atoms with Gasteiger partial charge in [-0.25, -0.2) is 0 Å². The zero-order chi connectivity index (χ0) is 11.8. The average Bonchev–Trinajstić information content (AvgIpc) is 2.62. The van der Waals surface area contributed by atoms with E-state index in [9.17, 15) is 0 Å². The molecule has 0 amide bonds. The van der Waals surface area contributed by atoms with Crippen LogP contribution in [0.25, 0.3) is 0 Å². The Kier molecular flexibility index (Phi) is 6.44. The molecule has 2 N–H and O–H groups in total. The minimum absolute atomic E-state index is 0.610. The van der Waals surface area contributed by atoms with Gasteiger partial charge in [0, 0.05) is 25.4 Å². The van der Waals surface area contributed by atoms with E-state index in [0.29, 0.717) is 6.54 Å². The van der Waals surface area contributed by atoms with E-state index in [1.54, 1.807) is 11.8 Å². The van der Waals surface area contributed by atoms with Crippen LogP contribution in [0.1, 0.15) is 19.2 Å². The lowest BCUT2D eigenvalue weighted by atomic mass is 10.5. The maximum Gasteiger partial charge on any atom is 0.191 e. The van der Waals surface area contributed by atoms with E-state index in [4.69, 9.17) is 10.5 Å².